The molecule has 2 N–H and O–H groups in total. The van der Waals surface area contributed by atoms with Crippen LogP contribution in [0.15, 0.2) is 30.9 Å². The molecular weight excluding hydrogens is 350 g/mol. The van der Waals surface area contributed by atoms with Crippen molar-refractivity contribution in [1.29, 1.82) is 0 Å². The van der Waals surface area contributed by atoms with Crippen LogP contribution < -0.4 is 5.32 Å². The molecule has 3 amide bonds. The molecule has 2 saturated heterocycles. The van der Waals surface area contributed by atoms with Crippen molar-refractivity contribution in [3.8, 4) is 5.75 Å². The second-order valence-corrected chi connectivity index (χ2v) is 6.61. The normalized spacial score (nSPS) is 18.0. The zero-order valence-corrected chi connectivity index (χ0v) is 15.0. The summed E-state index contributed by atoms with van der Waals surface area (Å²) in [6.45, 7) is 5.49. The molecule has 8 nitrogen and oxygen atoms in total. The van der Waals surface area contributed by atoms with E-state index in [0.717, 1.165) is 12.5 Å². The second-order valence-electron chi connectivity index (χ2n) is 6.61. The van der Waals surface area contributed by atoms with Crippen LogP contribution in [0.2, 0.25) is 0 Å². The minimum atomic E-state index is -0.395. The first-order chi connectivity index (χ1) is 13.0. The third-order valence-corrected chi connectivity index (χ3v) is 4.88. The summed E-state index contributed by atoms with van der Waals surface area (Å²) in [5.41, 5.74) is 0.541. The molecule has 2 heterocycles. The average molecular weight is 373 g/mol. The highest BCUT2D eigenvalue weighted by molar-refractivity contribution is 6.02. The van der Waals surface area contributed by atoms with Crippen LogP contribution in [-0.4, -0.2) is 65.1 Å². The quantitative estimate of drug-likeness (QED) is 0.621. The van der Waals surface area contributed by atoms with Crippen LogP contribution in [0.4, 0.5) is 10.5 Å². The van der Waals surface area contributed by atoms with Crippen LogP contribution in [0, 0.1) is 0 Å². The number of anilines is 1. The maximum absolute atomic E-state index is 12.8. The number of phenolic OH excluding ortho intramolecular Hbond substituents is 1. The van der Waals surface area contributed by atoms with Crippen molar-refractivity contribution in [3.63, 3.8) is 0 Å². The monoisotopic (exact) mass is 373 g/mol. The number of hydrogen-bond acceptors (Lipinski definition) is 5. The molecule has 27 heavy (non-hydrogen) atoms. The SMILES string of the molecule is C=CC(=O)Nc1ccc(O)c(C(=O)N2CCC(N3CCCOC3=O)CC2)c1. The highest BCUT2D eigenvalue weighted by atomic mass is 16.6. The minimum absolute atomic E-state index is 0.0636. The molecule has 0 bridgehead atoms. The first-order valence-corrected chi connectivity index (χ1v) is 8.98. The number of nitrogens with zero attached hydrogens (tertiary/aromatic N) is 2. The summed E-state index contributed by atoms with van der Waals surface area (Å²) in [7, 11) is 0. The number of hydrogen-bond donors (Lipinski definition) is 2. The van der Waals surface area contributed by atoms with Gasteiger partial charge in [-0.3, -0.25) is 9.59 Å². The van der Waals surface area contributed by atoms with Gasteiger partial charge in [0.25, 0.3) is 5.91 Å². The number of nitrogens with one attached hydrogen (secondary N) is 1. The Morgan fingerprint density at radius 3 is 2.67 bits per heavy atom. The summed E-state index contributed by atoms with van der Waals surface area (Å²) >= 11 is 0. The van der Waals surface area contributed by atoms with Crippen molar-refractivity contribution in [2.24, 2.45) is 0 Å². The van der Waals surface area contributed by atoms with Gasteiger partial charge < -0.3 is 25.0 Å². The van der Waals surface area contributed by atoms with Crippen molar-refractivity contribution >= 4 is 23.6 Å². The Morgan fingerprint density at radius 1 is 1.26 bits per heavy atom. The van der Waals surface area contributed by atoms with Gasteiger partial charge in [-0.25, -0.2) is 4.79 Å². The topological polar surface area (TPSA) is 99.2 Å². The number of amides is 3. The van der Waals surface area contributed by atoms with E-state index in [-0.39, 0.29) is 29.4 Å². The summed E-state index contributed by atoms with van der Waals surface area (Å²) in [5.74, 6) is -0.839. The number of phenols is 1. The average Bonchev–Trinajstić information content (AvgIpc) is 2.69. The summed E-state index contributed by atoms with van der Waals surface area (Å²) in [4.78, 5) is 39.5. The number of carbonyl (C=O) groups is 3. The standard InChI is InChI=1S/C19H23N3O5/c1-2-17(24)20-13-4-5-16(23)15(12-13)18(25)21-9-6-14(7-10-21)22-8-3-11-27-19(22)26/h2,4-5,12,14,23H,1,3,6-11H2,(H,20,24). The van der Waals surface area contributed by atoms with E-state index in [2.05, 4.69) is 11.9 Å². The van der Waals surface area contributed by atoms with Crippen molar-refractivity contribution in [1.82, 2.24) is 9.80 Å². The van der Waals surface area contributed by atoms with Crippen LogP contribution in [0.3, 0.4) is 0 Å². The van der Waals surface area contributed by atoms with Gasteiger partial charge in [-0.15, -0.1) is 0 Å². The molecule has 0 spiro atoms. The molecule has 144 valence electrons. The van der Waals surface area contributed by atoms with Crippen molar-refractivity contribution < 1.29 is 24.2 Å². The van der Waals surface area contributed by atoms with Gasteiger partial charge in [0.1, 0.15) is 5.75 Å². The molecule has 1 aromatic carbocycles. The molecule has 0 saturated carbocycles. The van der Waals surface area contributed by atoms with E-state index in [1.54, 1.807) is 9.80 Å². The predicted molar refractivity (Wildman–Crippen MR) is 98.5 cm³/mol. The lowest BCUT2D eigenvalue weighted by molar-refractivity contribution is -0.111. The molecule has 0 aliphatic carbocycles. The van der Waals surface area contributed by atoms with Crippen LogP contribution in [0.1, 0.15) is 29.6 Å². The molecular formula is C19H23N3O5. The van der Waals surface area contributed by atoms with Gasteiger partial charge in [-0.2, -0.15) is 0 Å². The largest absolute Gasteiger partial charge is 0.507 e. The first kappa shape index (κ1) is 18.8. The number of aromatic hydroxyl groups is 1. The fourth-order valence-electron chi connectivity index (χ4n) is 3.43. The lowest BCUT2D eigenvalue weighted by atomic mass is 10.0. The summed E-state index contributed by atoms with van der Waals surface area (Å²) in [6.07, 6.45) is 2.99. The number of benzene rings is 1. The Kier molecular flexibility index (Phi) is 5.63. The fraction of sp³-hybridized carbons (Fsp3) is 0.421. The van der Waals surface area contributed by atoms with Crippen LogP contribution in [0.5, 0.6) is 5.75 Å². The van der Waals surface area contributed by atoms with Gasteiger partial charge >= 0.3 is 6.09 Å². The lowest BCUT2D eigenvalue weighted by Crippen LogP contribution is -2.50. The molecule has 2 aliphatic heterocycles. The van der Waals surface area contributed by atoms with E-state index < -0.39 is 5.91 Å². The molecule has 8 heteroatoms. The van der Waals surface area contributed by atoms with Gasteiger partial charge in [0.2, 0.25) is 5.91 Å². The number of carbonyl (C=O) groups excluding carboxylic acids is 3. The third kappa shape index (κ3) is 4.21. The Balaban J connectivity index is 1.65. The molecule has 2 aliphatic rings. The van der Waals surface area contributed by atoms with Crippen molar-refractivity contribution in [2.75, 3.05) is 31.6 Å². The minimum Gasteiger partial charge on any atom is -0.507 e. The molecule has 0 radical (unpaired) electrons. The number of ether oxygens (including phenoxy) is 1. The second kappa shape index (κ2) is 8.11. The van der Waals surface area contributed by atoms with E-state index in [9.17, 15) is 19.5 Å². The van der Waals surface area contributed by atoms with Crippen LogP contribution in [0.25, 0.3) is 0 Å². The Labute approximate surface area is 157 Å². The number of likely N-dealkylation sites (tertiary alicyclic amines) is 1. The van der Waals surface area contributed by atoms with Gasteiger partial charge in [-0.1, -0.05) is 6.58 Å². The van der Waals surface area contributed by atoms with Crippen LogP contribution in [-0.2, 0) is 9.53 Å². The van der Waals surface area contributed by atoms with Gasteiger partial charge in [0.15, 0.2) is 0 Å². The molecule has 2 fully saturated rings. The summed E-state index contributed by atoms with van der Waals surface area (Å²) < 4.78 is 5.09. The zero-order chi connectivity index (χ0) is 19.4. The van der Waals surface area contributed by atoms with E-state index in [1.807, 2.05) is 0 Å². The van der Waals surface area contributed by atoms with E-state index >= 15 is 0 Å². The molecule has 0 unspecified atom stereocenters. The number of piperidine rings is 1. The third-order valence-electron chi connectivity index (χ3n) is 4.88. The Bertz CT molecular complexity index is 756. The van der Waals surface area contributed by atoms with E-state index in [1.165, 1.54) is 18.2 Å². The summed E-state index contributed by atoms with van der Waals surface area (Å²) in [6, 6.07) is 4.41. The molecule has 0 atom stereocenters. The Hall–Kier alpha value is -3.03. The van der Waals surface area contributed by atoms with Gasteiger partial charge in [0.05, 0.1) is 12.2 Å². The van der Waals surface area contributed by atoms with Crippen molar-refractivity contribution in [2.45, 2.75) is 25.3 Å². The van der Waals surface area contributed by atoms with Crippen LogP contribution >= 0.6 is 0 Å². The smallest absolute Gasteiger partial charge is 0.410 e. The maximum Gasteiger partial charge on any atom is 0.410 e. The highest BCUT2D eigenvalue weighted by Crippen LogP contribution is 2.26. The fourth-order valence-corrected chi connectivity index (χ4v) is 3.43. The maximum atomic E-state index is 12.8. The Morgan fingerprint density at radius 2 is 2.00 bits per heavy atom. The lowest BCUT2D eigenvalue weighted by Gasteiger charge is -2.39. The first-order valence-electron chi connectivity index (χ1n) is 8.98. The van der Waals surface area contributed by atoms with Gasteiger partial charge in [-0.05, 0) is 43.5 Å². The molecule has 1 aromatic rings. The van der Waals surface area contributed by atoms with Gasteiger partial charge in [0, 0.05) is 31.4 Å². The number of cyclic esters (lactones) is 1. The van der Waals surface area contributed by atoms with E-state index in [0.29, 0.717) is 44.8 Å². The molecule has 0 aromatic heterocycles. The molecule has 3 rings (SSSR count). The van der Waals surface area contributed by atoms with E-state index in [4.69, 9.17) is 4.74 Å². The van der Waals surface area contributed by atoms with Crippen molar-refractivity contribution in [3.05, 3.63) is 36.4 Å². The highest BCUT2D eigenvalue weighted by Gasteiger charge is 2.32. The zero-order valence-electron chi connectivity index (χ0n) is 15.0. The number of rotatable bonds is 4. The predicted octanol–water partition coefficient (Wildman–Crippen LogP) is 1.96. The summed E-state index contributed by atoms with van der Waals surface area (Å²) in [5, 5.41) is 12.6.